The maximum absolute atomic E-state index is 9.27. The lowest BCUT2D eigenvalue weighted by molar-refractivity contribution is 0.201. The highest BCUT2D eigenvalue weighted by atomic mass is 32.1. The molecular weight excluding hydrogens is 222 g/mol. The van der Waals surface area contributed by atoms with Gasteiger partial charge in [-0.25, -0.2) is 0 Å². The maximum Gasteiger partial charge on any atom is 0.173 e. The van der Waals surface area contributed by atoms with Crippen molar-refractivity contribution in [2.75, 3.05) is 13.7 Å². The molecule has 3 nitrogen and oxygen atoms in total. The first kappa shape index (κ1) is 13.5. The molecule has 1 aromatic rings. The second-order valence-corrected chi connectivity index (χ2v) is 5.11. The molecular formula is C12H21NO2S. The van der Waals surface area contributed by atoms with Crippen LogP contribution in [0.1, 0.15) is 25.1 Å². The largest absolute Gasteiger partial charge is 0.487 e. The fraction of sp³-hybridized carbons (Fsp3) is 0.667. The summed E-state index contributed by atoms with van der Waals surface area (Å²) in [6.07, 6.45) is 1.08. The number of thiophene rings is 1. The summed E-state index contributed by atoms with van der Waals surface area (Å²) < 4.78 is 5.14. The van der Waals surface area contributed by atoms with Gasteiger partial charge < -0.3 is 15.2 Å². The Bertz CT molecular complexity index is 301. The zero-order chi connectivity index (χ0) is 12.0. The molecule has 1 rings (SSSR count). The molecule has 0 spiro atoms. The maximum atomic E-state index is 9.27. The van der Waals surface area contributed by atoms with Crippen LogP contribution in [0, 0.1) is 5.92 Å². The predicted molar refractivity (Wildman–Crippen MR) is 68.0 cm³/mol. The minimum absolute atomic E-state index is 0.179. The quantitative estimate of drug-likeness (QED) is 0.772. The molecule has 0 saturated carbocycles. The molecule has 2 atom stereocenters. The highest BCUT2D eigenvalue weighted by molar-refractivity contribution is 7.13. The summed E-state index contributed by atoms with van der Waals surface area (Å²) in [5.74, 6) is 0.492. The first-order valence-electron chi connectivity index (χ1n) is 5.68. The van der Waals surface area contributed by atoms with Crippen LogP contribution < -0.4 is 10.1 Å². The fourth-order valence-corrected chi connectivity index (χ4v) is 2.29. The van der Waals surface area contributed by atoms with Crippen LogP contribution >= 0.6 is 11.3 Å². The molecule has 1 heterocycles. The normalized spacial score (nSPS) is 14.8. The lowest BCUT2D eigenvalue weighted by Crippen LogP contribution is -2.37. The van der Waals surface area contributed by atoms with Crippen molar-refractivity contribution in [3.63, 3.8) is 0 Å². The Morgan fingerprint density at radius 1 is 1.50 bits per heavy atom. The first-order chi connectivity index (χ1) is 7.71. The van der Waals surface area contributed by atoms with Crippen molar-refractivity contribution >= 4 is 11.3 Å². The van der Waals surface area contributed by atoms with Gasteiger partial charge in [-0.05, 0) is 18.1 Å². The molecule has 2 unspecified atom stereocenters. The summed E-state index contributed by atoms with van der Waals surface area (Å²) >= 11 is 1.64. The van der Waals surface area contributed by atoms with Crippen LogP contribution in [0.3, 0.4) is 0 Å². The van der Waals surface area contributed by atoms with Gasteiger partial charge in [-0.3, -0.25) is 0 Å². The van der Waals surface area contributed by atoms with Gasteiger partial charge >= 0.3 is 0 Å². The van der Waals surface area contributed by atoms with Crippen LogP contribution in [0.4, 0.5) is 0 Å². The van der Waals surface area contributed by atoms with Gasteiger partial charge in [0.05, 0.1) is 13.7 Å². The molecule has 2 N–H and O–H groups in total. The van der Waals surface area contributed by atoms with Gasteiger partial charge in [0.1, 0.15) is 0 Å². The molecule has 0 radical (unpaired) electrons. The average molecular weight is 243 g/mol. The highest BCUT2D eigenvalue weighted by Crippen LogP contribution is 2.23. The van der Waals surface area contributed by atoms with E-state index in [-0.39, 0.29) is 12.6 Å². The lowest BCUT2D eigenvalue weighted by Gasteiger charge is -2.21. The van der Waals surface area contributed by atoms with E-state index in [9.17, 15) is 5.11 Å². The Balaban J connectivity index is 2.42. The van der Waals surface area contributed by atoms with Gasteiger partial charge in [-0.15, -0.1) is 11.3 Å². The zero-order valence-electron chi connectivity index (χ0n) is 10.2. The number of hydrogen-bond donors (Lipinski definition) is 2. The van der Waals surface area contributed by atoms with E-state index in [0.29, 0.717) is 5.92 Å². The molecule has 0 aliphatic heterocycles. The van der Waals surface area contributed by atoms with E-state index in [1.165, 1.54) is 4.88 Å². The minimum Gasteiger partial charge on any atom is -0.487 e. The van der Waals surface area contributed by atoms with Crippen molar-refractivity contribution < 1.29 is 9.84 Å². The third-order valence-electron chi connectivity index (χ3n) is 2.90. The molecule has 0 amide bonds. The van der Waals surface area contributed by atoms with Crippen LogP contribution in [-0.4, -0.2) is 24.9 Å². The second-order valence-electron chi connectivity index (χ2n) is 3.98. The number of aliphatic hydroxyl groups excluding tert-OH is 1. The van der Waals surface area contributed by atoms with Crippen molar-refractivity contribution in [2.45, 2.75) is 32.9 Å². The van der Waals surface area contributed by atoms with E-state index < -0.39 is 0 Å². The molecule has 0 aliphatic rings. The van der Waals surface area contributed by atoms with Crippen LogP contribution in [-0.2, 0) is 6.54 Å². The monoisotopic (exact) mass is 243 g/mol. The summed E-state index contributed by atoms with van der Waals surface area (Å²) in [6, 6.07) is 4.21. The Morgan fingerprint density at radius 3 is 2.75 bits per heavy atom. The molecule has 0 fully saturated rings. The second kappa shape index (κ2) is 6.89. The van der Waals surface area contributed by atoms with Gasteiger partial charge in [0.2, 0.25) is 0 Å². The Labute approximate surface area is 101 Å². The summed E-state index contributed by atoms with van der Waals surface area (Å²) in [5, 5.41) is 13.6. The predicted octanol–water partition coefficient (Wildman–Crippen LogP) is 2.25. The standard InChI is InChI=1S/C12H21NO2S/c1-4-9(2)11(8-14)13-7-10-5-6-12(15-3)16-10/h5-6,9,11,13-14H,4,7-8H2,1-3H3. The van der Waals surface area contributed by atoms with Crippen LogP contribution in [0.15, 0.2) is 12.1 Å². The summed E-state index contributed by atoms with van der Waals surface area (Å²) in [5.41, 5.74) is 0. The number of ether oxygens (including phenoxy) is 1. The van der Waals surface area contributed by atoms with Gasteiger partial charge in [0.25, 0.3) is 0 Å². The van der Waals surface area contributed by atoms with E-state index in [4.69, 9.17) is 4.74 Å². The number of methoxy groups -OCH3 is 1. The Hall–Kier alpha value is -0.580. The number of nitrogens with one attached hydrogen (secondary N) is 1. The minimum atomic E-state index is 0.179. The van der Waals surface area contributed by atoms with Crippen LogP contribution in [0.2, 0.25) is 0 Å². The Morgan fingerprint density at radius 2 is 2.25 bits per heavy atom. The van der Waals surface area contributed by atoms with Gasteiger partial charge in [0, 0.05) is 17.5 Å². The topological polar surface area (TPSA) is 41.5 Å². The van der Waals surface area contributed by atoms with Crippen LogP contribution in [0.25, 0.3) is 0 Å². The highest BCUT2D eigenvalue weighted by Gasteiger charge is 2.14. The fourth-order valence-electron chi connectivity index (χ4n) is 1.52. The molecule has 92 valence electrons. The lowest BCUT2D eigenvalue weighted by atomic mass is 10.00. The molecule has 0 bridgehead atoms. The average Bonchev–Trinajstić information content (AvgIpc) is 2.77. The third-order valence-corrected chi connectivity index (χ3v) is 3.95. The smallest absolute Gasteiger partial charge is 0.173 e. The summed E-state index contributed by atoms with van der Waals surface area (Å²) in [4.78, 5) is 1.23. The molecule has 0 saturated heterocycles. The van der Waals surface area contributed by atoms with Crippen molar-refractivity contribution in [3.05, 3.63) is 17.0 Å². The van der Waals surface area contributed by atoms with Crippen molar-refractivity contribution in [1.82, 2.24) is 5.32 Å². The Kier molecular flexibility index (Phi) is 5.80. The SMILES string of the molecule is CCC(C)C(CO)NCc1ccc(OC)s1. The summed E-state index contributed by atoms with van der Waals surface area (Å²) in [7, 11) is 1.68. The number of aliphatic hydroxyl groups is 1. The van der Waals surface area contributed by atoms with Crippen molar-refractivity contribution in [2.24, 2.45) is 5.92 Å². The number of hydrogen-bond acceptors (Lipinski definition) is 4. The van der Waals surface area contributed by atoms with Gasteiger partial charge in [-0.2, -0.15) is 0 Å². The van der Waals surface area contributed by atoms with E-state index >= 15 is 0 Å². The molecule has 0 aliphatic carbocycles. The van der Waals surface area contributed by atoms with E-state index in [0.717, 1.165) is 18.0 Å². The first-order valence-corrected chi connectivity index (χ1v) is 6.49. The van der Waals surface area contributed by atoms with E-state index in [2.05, 4.69) is 25.2 Å². The van der Waals surface area contributed by atoms with E-state index in [1.54, 1.807) is 18.4 Å². The van der Waals surface area contributed by atoms with Gasteiger partial charge in [0.15, 0.2) is 5.06 Å². The summed E-state index contributed by atoms with van der Waals surface area (Å²) in [6.45, 7) is 5.28. The molecule has 16 heavy (non-hydrogen) atoms. The third kappa shape index (κ3) is 3.77. The number of rotatable bonds is 7. The molecule has 0 aromatic carbocycles. The zero-order valence-corrected chi connectivity index (χ0v) is 11.0. The molecule has 4 heteroatoms. The van der Waals surface area contributed by atoms with Crippen molar-refractivity contribution in [3.8, 4) is 5.06 Å². The van der Waals surface area contributed by atoms with Crippen LogP contribution in [0.5, 0.6) is 5.06 Å². The van der Waals surface area contributed by atoms with Crippen molar-refractivity contribution in [1.29, 1.82) is 0 Å². The van der Waals surface area contributed by atoms with E-state index in [1.807, 2.05) is 6.07 Å². The molecule has 1 aromatic heterocycles. The van der Waals surface area contributed by atoms with Gasteiger partial charge in [-0.1, -0.05) is 20.3 Å².